The van der Waals surface area contributed by atoms with Gasteiger partial charge in [0.2, 0.25) is 5.91 Å². The van der Waals surface area contributed by atoms with E-state index in [9.17, 15) is 13.6 Å². The van der Waals surface area contributed by atoms with Gasteiger partial charge in [-0.15, -0.1) is 11.8 Å². The molecule has 1 N–H and O–H groups in total. The van der Waals surface area contributed by atoms with Crippen molar-refractivity contribution in [2.24, 2.45) is 0 Å². The zero-order valence-corrected chi connectivity index (χ0v) is 15.4. The van der Waals surface area contributed by atoms with Gasteiger partial charge in [-0.1, -0.05) is 18.2 Å². The van der Waals surface area contributed by atoms with Crippen LogP contribution in [0.4, 0.5) is 8.78 Å². The van der Waals surface area contributed by atoms with Gasteiger partial charge in [0.25, 0.3) is 0 Å². The van der Waals surface area contributed by atoms with Crippen molar-refractivity contribution in [3.8, 4) is 0 Å². The Bertz CT molecular complexity index is 722. The lowest BCUT2D eigenvalue weighted by molar-refractivity contribution is -0.122. The normalized spacial score (nSPS) is 12.2. The topological polar surface area (TPSA) is 32.3 Å². The minimum absolute atomic E-state index is 0.192. The first-order valence-electron chi connectivity index (χ1n) is 7.95. The van der Waals surface area contributed by atoms with E-state index in [1.54, 1.807) is 18.7 Å². The third kappa shape index (κ3) is 5.83. The van der Waals surface area contributed by atoms with Crippen LogP contribution in [-0.2, 0) is 11.3 Å². The summed E-state index contributed by atoms with van der Waals surface area (Å²) in [6, 6.07) is 11.0. The van der Waals surface area contributed by atoms with E-state index in [2.05, 4.69) is 5.32 Å². The molecule has 0 aliphatic heterocycles. The second-order valence-electron chi connectivity index (χ2n) is 5.98. The van der Waals surface area contributed by atoms with Gasteiger partial charge in [0.15, 0.2) is 0 Å². The van der Waals surface area contributed by atoms with Crippen LogP contribution < -0.4 is 5.32 Å². The summed E-state index contributed by atoms with van der Waals surface area (Å²) in [4.78, 5) is 15.2. The largest absolute Gasteiger partial charge is 0.348 e. The number of carbonyl (C=O) groups is 1. The van der Waals surface area contributed by atoms with E-state index in [0.29, 0.717) is 6.54 Å². The van der Waals surface area contributed by atoms with Crippen molar-refractivity contribution in [2.75, 3.05) is 19.8 Å². The lowest BCUT2D eigenvalue weighted by Gasteiger charge is -2.19. The Morgan fingerprint density at radius 3 is 2.48 bits per heavy atom. The quantitative estimate of drug-likeness (QED) is 0.754. The Hall–Kier alpha value is -1.92. The van der Waals surface area contributed by atoms with Crippen LogP contribution in [0.3, 0.4) is 0 Å². The van der Waals surface area contributed by atoms with Crippen molar-refractivity contribution < 1.29 is 13.6 Å². The van der Waals surface area contributed by atoms with Gasteiger partial charge in [-0.2, -0.15) is 0 Å². The highest BCUT2D eigenvalue weighted by molar-refractivity contribution is 7.98. The summed E-state index contributed by atoms with van der Waals surface area (Å²) in [6.45, 7) is 2.51. The molecule has 0 aliphatic rings. The molecule has 134 valence electrons. The fourth-order valence-corrected chi connectivity index (χ4v) is 2.97. The molecule has 0 unspecified atom stereocenters. The number of rotatable bonds is 7. The first-order chi connectivity index (χ1) is 11.9. The van der Waals surface area contributed by atoms with E-state index in [4.69, 9.17) is 0 Å². The van der Waals surface area contributed by atoms with Crippen molar-refractivity contribution >= 4 is 17.7 Å². The number of thioether (sulfide) groups is 1. The molecule has 2 rings (SSSR count). The van der Waals surface area contributed by atoms with Gasteiger partial charge in [-0.05, 0) is 44.0 Å². The number of likely N-dealkylation sites (N-methyl/N-ethyl adjacent to an activating group) is 1. The van der Waals surface area contributed by atoms with Crippen LogP contribution in [0.1, 0.15) is 24.1 Å². The number of hydrogen-bond donors (Lipinski definition) is 1. The summed E-state index contributed by atoms with van der Waals surface area (Å²) in [5.74, 6) is -1.50. The van der Waals surface area contributed by atoms with Gasteiger partial charge in [-0.25, -0.2) is 8.78 Å². The molecule has 0 bridgehead atoms. The maximum absolute atomic E-state index is 13.8. The summed E-state index contributed by atoms with van der Waals surface area (Å²) >= 11 is 1.68. The molecule has 2 aromatic carbocycles. The number of amides is 1. The van der Waals surface area contributed by atoms with Crippen LogP contribution in [0.15, 0.2) is 47.4 Å². The molecule has 1 amide bonds. The van der Waals surface area contributed by atoms with Gasteiger partial charge >= 0.3 is 0 Å². The number of nitrogens with zero attached hydrogens (tertiary/aromatic N) is 1. The van der Waals surface area contributed by atoms with Crippen LogP contribution >= 0.6 is 11.8 Å². The molecule has 0 aromatic heterocycles. The molecule has 25 heavy (non-hydrogen) atoms. The Kier molecular flexibility index (Phi) is 6.96. The molecule has 0 saturated carbocycles. The van der Waals surface area contributed by atoms with Crippen molar-refractivity contribution in [1.82, 2.24) is 10.2 Å². The van der Waals surface area contributed by atoms with Gasteiger partial charge < -0.3 is 5.32 Å². The van der Waals surface area contributed by atoms with E-state index in [1.807, 2.05) is 42.5 Å². The minimum Gasteiger partial charge on any atom is -0.348 e. The van der Waals surface area contributed by atoms with E-state index < -0.39 is 17.7 Å². The van der Waals surface area contributed by atoms with E-state index in [1.165, 1.54) is 17.0 Å². The number of carbonyl (C=O) groups excluding carboxylic acids is 1. The lowest BCUT2D eigenvalue weighted by Crippen LogP contribution is -2.36. The maximum Gasteiger partial charge on any atom is 0.234 e. The molecular weight excluding hydrogens is 342 g/mol. The highest BCUT2D eigenvalue weighted by Crippen LogP contribution is 2.18. The predicted molar refractivity (Wildman–Crippen MR) is 97.5 cm³/mol. The van der Waals surface area contributed by atoms with Crippen LogP contribution in [0.2, 0.25) is 0 Å². The summed E-state index contributed by atoms with van der Waals surface area (Å²) in [7, 11) is 1.85. The van der Waals surface area contributed by atoms with Gasteiger partial charge in [0.1, 0.15) is 11.6 Å². The van der Waals surface area contributed by atoms with E-state index in [0.717, 1.165) is 11.6 Å². The van der Waals surface area contributed by atoms with Crippen LogP contribution in [0.25, 0.3) is 0 Å². The molecule has 3 nitrogen and oxygen atoms in total. The number of halogens is 2. The first-order valence-corrected chi connectivity index (χ1v) is 9.17. The average Bonchev–Trinajstić information content (AvgIpc) is 2.55. The molecule has 0 spiro atoms. The number of hydrogen-bond acceptors (Lipinski definition) is 3. The predicted octanol–water partition coefficient (Wildman–Crippen LogP) is 4.00. The third-order valence-corrected chi connectivity index (χ3v) is 4.58. The Labute approximate surface area is 151 Å². The van der Waals surface area contributed by atoms with Gasteiger partial charge in [-0.3, -0.25) is 9.69 Å². The fraction of sp³-hybridized carbons (Fsp3) is 0.316. The second kappa shape index (κ2) is 8.97. The molecule has 0 radical (unpaired) electrons. The van der Waals surface area contributed by atoms with Crippen LogP contribution in [0.5, 0.6) is 0 Å². The third-order valence-electron chi connectivity index (χ3n) is 3.83. The highest BCUT2D eigenvalue weighted by atomic mass is 32.2. The van der Waals surface area contributed by atoms with E-state index >= 15 is 0 Å². The molecule has 0 aliphatic carbocycles. The summed E-state index contributed by atoms with van der Waals surface area (Å²) < 4.78 is 26.7. The molecule has 0 fully saturated rings. The Balaban J connectivity index is 1.87. The minimum atomic E-state index is -0.657. The molecule has 2 aromatic rings. The van der Waals surface area contributed by atoms with Crippen molar-refractivity contribution in [2.45, 2.75) is 24.4 Å². The monoisotopic (exact) mass is 364 g/mol. The molecule has 0 heterocycles. The van der Waals surface area contributed by atoms with Crippen LogP contribution in [-0.4, -0.2) is 30.7 Å². The Morgan fingerprint density at radius 1 is 1.20 bits per heavy atom. The first kappa shape index (κ1) is 19.4. The second-order valence-corrected chi connectivity index (χ2v) is 6.86. The van der Waals surface area contributed by atoms with E-state index in [-0.39, 0.29) is 18.0 Å². The summed E-state index contributed by atoms with van der Waals surface area (Å²) in [5, 5.41) is 2.75. The molecule has 0 saturated heterocycles. The fourth-order valence-electron chi connectivity index (χ4n) is 2.56. The number of benzene rings is 2. The zero-order chi connectivity index (χ0) is 18.4. The molecule has 6 heteroatoms. The van der Waals surface area contributed by atoms with Crippen molar-refractivity contribution in [3.05, 3.63) is 65.2 Å². The summed E-state index contributed by atoms with van der Waals surface area (Å²) in [5.41, 5.74) is 1.38. The summed E-state index contributed by atoms with van der Waals surface area (Å²) in [6.07, 6.45) is 2.02. The number of nitrogens with one attached hydrogen (secondary N) is 1. The van der Waals surface area contributed by atoms with Crippen LogP contribution in [0, 0.1) is 11.6 Å². The van der Waals surface area contributed by atoms with Crippen molar-refractivity contribution in [3.63, 3.8) is 0 Å². The Morgan fingerprint density at radius 2 is 1.88 bits per heavy atom. The standard InChI is InChI=1S/C19H22F2N2OS/c1-13(17-9-6-15(20)10-18(17)21)22-19(24)12-23(2)11-14-4-7-16(25-3)8-5-14/h4-10,13H,11-12H2,1-3H3,(H,22,24)/t13-/m0/s1. The average molecular weight is 364 g/mol. The smallest absolute Gasteiger partial charge is 0.234 e. The maximum atomic E-state index is 13.8. The molecular formula is C19H22F2N2OS. The zero-order valence-electron chi connectivity index (χ0n) is 14.6. The highest BCUT2D eigenvalue weighted by Gasteiger charge is 2.15. The SMILES string of the molecule is CSc1ccc(CN(C)CC(=O)N[C@@H](C)c2ccc(F)cc2F)cc1. The van der Waals surface area contributed by atoms with Gasteiger partial charge in [0, 0.05) is 23.1 Å². The lowest BCUT2D eigenvalue weighted by atomic mass is 10.1. The van der Waals surface area contributed by atoms with Crippen molar-refractivity contribution in [1.29, 1.82) is 0 Å². The molecule has 1 atom stereocenters. The van der Waals surface area contributed by atoms with Gasteiger partial charge in [0.05, 0.1) is 12.6 Å².